The number of carbonyl (C=O) groups excluding carboxylic acids is 1. The fourth-order valence-corrected chi connectivity index (χ4v) is 3.99. The summed E-state index contributed by atoms with van der Waals surface area (Å²) in [5, 5.41) is 1.08. The molecule has 0 atom stereocenters. The molecule has 3 heteroatoms. The van der Waals surface area contributed by atoms with E-state index in [-0.39, 0.29) is 5.97 Å². The van der Waals surface area contributed by atoms with Crippen LogP contribution in [0.15, 0.2) is 97.1 Å². The minimum Gasteiger partial charge on any atom is -0.465 e. The maximum atomic E-state index is 12.9. The monoisotopic (exact) mass is 377 g/mol. The number of benzene rings is 3. The molecule has 2 aromatic heterocycles. The lowest BCUT2D eigenvalue weighted by Crippen LogP contribution is -2.08. The first-order valence-corrected chi connectivity index (χ1v) is 9.54. The molecule has 0 aliphatic carbocycles. The Balaban J connectivity index is 1.99. The minimum absolute atomic E-state index is 0.337. The lowest BCUT2D eigenvalue weighted by Gasteiger charge is -2.16. The Hall–Kier alpha value is -3.85. The third-order valence-corrected chi connectivity index (χ3v) is 5.30. The third-order valence-electron chi connectivity index (χ3n) is 5.30. The SMILES string of the molecule is COC(=O)c1c(-c2ccccc2)cc(-c2ccccc2)n2c1cc1ccccc12. The van der Waals surface area contributed by atoms with Crippen LogP contribution in [0.4, 0.5) is 0 Å². The lowest BCUT2D eigenvalue weighted by atomic mass is 9.97. The molecular formula is C26H19NO2. The number of nitrogens with zero attached hydrogens (tertiary/aromatic N) is 1. The Morgan fingerprint density at radius 2 is 1.34 bits per heavy atom. The first kappa shape index (κ1) is 17.3. The first-order chi connectivity index (χ1) is 14.3. The van der Waals surface area contributed by atoms with Gasteiger partial charge >= 0.3 is 5.97 Å². The van der Waals surface area contributed by atoms with Gasteiger partial charge in [0.05, 0.1) is 29.4 Å². The van der Waals surface area contributed by atoms with E-state index >= 15 is 0 Å². The highest BCUT2D eigenvalue weighted by atomic mass is 16.5. The van der Waals surface area contributed by atoms with Crippen molar-refractivity contribution in [2.75, 3.05) is 7.11 Å². The molecule has 3 aromatic carbocycles. The van der Waals surface area contributed by atoms with Gasteiger partial charge in [0.1, 0.15) is 0 Å². The number of pyridine rings is 1. The van der Waals surface area contributed by atoms with E-state index in [2.05, 4.69) is 40.8 Å². The number of fused-ring (bicyclic) bond motifs is 3. The van der Waals surface area contributed by atoms with Crippen molar-refractivity contribution in [3.05, 3.63) is 103 Å². The van der Waals surface area contributed by atoms with Crippen molar-refractivity contribution >= 4 is 22.4 Å². The van der Waals surface area contributed by atoms with Crippen LogP contribution in [0.3, 0.4) is 0 Å². The minimum atomic E-state index is -0.337. The molecule has 0 fully saturated rings. The summed E-state index contributed by atoms with van der Waals surface area (Å²) in [6.45, 7) is 0. The summed E-state index contributed by atoms with van der Waals surface area (Å²) in [7, 11) is 1.43. The second-order valence-electron chi connectivity index (χ2n) is 6.97. The number of ether oxygens (including phenoxy) is 1. The van der Waals surface area contributed by atoms with Crippen molar-refractivity contribution in [1.29, 1.82) is 0 Å². The summed E-state index contributed by atoms with van der Waals surface area (Å²) >= 11 is 0. The number of carbonyl (C=O) groups is 1. The molecule has 0 amide bonds. The van der Waals surface area contributed by atoms with E-state index in [1.54, 1.807) is 0 Å². The maximum absolute atomic E-state index is 12.9. The molecule has 0 saturated heterocycles. The van der Waals surface area contributed by atoms with Crippen LogP contribution in [0.25, 0.3) is 38.8 Å². The zero-order valence-electron chi connectivity index (χ0n) is 16.0. The molecule has 0 radical (unpaired) electrons. The fraction of sp³-hybridized carbons (Fsp3) is 0.0385. The Labute approximate surface area is 168 Å². The van der Waals surface area contributed by atoms with Crippen molar-refractivity contribution in [2.45, 2.75) is 0 Å². The van der Waals surface area contributed by atoms with E-state index in [9.17, 15) is 4.79 Å². The molecule has 140 valence electrons. The van der Waals surface area contributed by atoms with Gasteiger partial charge in [0.25, 0.3) is 0 Å². The smallest absolute Gasteiger partial charge is 0.340 e. The van der Waals surface area contributed by atoms with Gasteiger partial charge in [-0.25, -0.2) is 4.79 Å². The Bertz CT molecular complexity index is 1340. The van der Waals surface area contributed by atoms with Crippen LogP contribution < -0.4 is 0 Å². The second-order valence-corrected chi connectivity index (χ2v) is 6.97. The van der Waals surface area contributed by atoms with Gasteiger partial charge in [-0.1, -0.05) is 78.9 Å². The van der Waals surface area contributed by atoms with Gasteiger partial charge in [-0.15, -0.1) is 0 Å². The maximum Gasteiger partial charge on any atom is 0.340 e. The summed E-state index contributed by atoms with van der Waals surface area (Å²) in [6.07, 6.45) is 0. The van der Waals surface area contributed by atoms with Crippen molar-refractivity contribution in [2.24, 2.45) is 0 Å². The Morgan fingerprint density at radius 1 is 0.724 bits per heavy atom. The van der Waals surface area contributed by atoms with Gasteiger partial charge in [-0.2, -0.15) is 0 Å². The average Bonchev–Trinajstić information content (AvgIpc) is 3.18. The van der Waals surface area contributed by atoms with Crippen molar-refractivity contribution in [1.82, 2.24) is 4.40 Å². The Morgan fingerprint density at radius 3 is 2.03 bits per heavy atom. The Kier molecular flexibility index (Phi) is 4.14. The molecule has 0 saturated carbocycles. The average molecular weight is 377 g/mol. The summed E-state index contributed by atoms with van der Waals surface area (Å²) in [6, 6.07) is 32.6. The van der Waals surface area contributed by atoms with Gasteiger partial charge in [0.2, 0.25) is 0 Å². The molecule has 2 heterocycles. The van der Waals surface area contributed by atoms with Crippen LogP contribution in [0.5, 0.6) is 0 Å². The zero-order valence-corrected chi connectivity index (χ0v) is 16.0. The van der Waals surface area contributed by atoms with E-state index in [0.717, 1.165) is 38.8 Å². The molecule has 5 rings (SSSR count). The topological polar surface area (TPSA) is 30.7 Å². The normalized spacial score (nSPS) is 11.1. The van der Waals surface area contributed by atoms with Crippen molar-refractivity contribution < 1.29 is 9.53 Å². The van der Waals surface area contributed by atoms with Crippen LogP contribution in [0.2, 0.25) is 0 Å². The molecule has 29 heavy (non-hydrogen) atoms. The van der Waals surface area contributed by atoms with Crippen LogP contribution in [-0.4, -0.2) is 17.5 Å². The van der Waals surface area contributed by atoms with Crippen molar-refractivity contribution in [3.8, 4) is 22.4 Å². The van der Waals surface area contributed by atoms with E-state index in [4.69, 9.17) is 4.74 Å². The summed E-state index contributed by atoms with van der Waals surface area (Å²) in [5.41, 5.74) is 6.46. The number of para-hydroxylation sites is 1. The van der Waals surface area contributed by atoms with E-state index < -0.39 is 0 Å². The molecular weight excluding hydrogens is 358 g/mol. The molecule has 5 aromatic rings. The number of methoxy groups -OCH3 is 1. The standard InChI is InChI=1S/C26H19NO2/c1-29-26(28)25-21(18-10-4-2-5-11-18)17-23(19-12-6-3-7-13-19)27-22-15-9-8-14-20(22)16-24(25)27/h2-17H,1H3. The quantitative estimate of drug-likeness (QED) is 0.350. The summed E-state index contributed by atoms with van der Waals surface area (Å²) in [5.74, 6) is -0.337. The number of hydrogen-bond acceptors (Lipinski definition) is 2. The number of aromatic nitrogens is 1. The predicted octanol–water partition coefficient (Wildman–Crippen LogP) is 6.21. The van der Waals surface area contributed by atoms with E-state index in [1.807, 2.05) is 60.7 Å². The molecule has 0 aliphatic heterocycles. The summed E-state index contributed by atoms with van der Waals surface area (Å²) in [4.78, 5) is 12.9. The van der Waals surface area contributed by atoms with Crippen LogP contribution in [0, 0.1) is 0 Å². The van der Waals surface area contributed by atoms with Crippen LogP contribution in [-0.2, 0) is 4.74 Å². The van der Waals surface area contributed by atoms with Gasteiger partial charge in [-0.3, -0.25) is 0 Å². The number of esters is 1. The van der Waals surface area contributed by atoms with Crippen molar-refractivity contribution in [3.63, 3.8) is 0 Å². The largest absolute Gasteiger partial charge is 0.465 e. The zero-order chi connectivity index (χ0) is 19.8. The lowest BCUT2D eigenvalue weighted by molar-refractivity contribution is 0.0603. The predicted molar refractivity (Wildman–Crippen MR) is 117 cm³/mol. The van der Waals surface area contributed by atoms with Gasteiger partial charge in [0, 0.05) is 10.9 Å². The number of rotatable bonds is 3. The highest BCUT2D eigenvalue weighted by Crippen LogP contribution is 2.36. The van der Waals surface area contributed by atoms with Gasteiger partial charge in [0.15, 0.2) is 0 Å². The fourth-order valence-electron chi connectivity index (χ4n) is 3.99. The van der Waals surface area contributed by atoms with Crippen LogP contribution in [0.1, 0.15) is 10.4 Å². The molecule has 0 bridgehead atoms. The van der Waals surface area contributed by atoms with Gasteiger partial charge in [-0.05, 0) is 29.3 Å². The van der Waals surface area contributed by atoms with E-state index in [0.29, 0.717) is 5.56 Å². The van der Waals surface area contributed by atoms with Gasteiger partial charge < -0.3 is 9.14 Å². The first-order valence-electron chi connectivity index (χ1n) is 9.54. The van der Waals surface area contributed by atoms with E-state index in [1.165, 1.54) is 7.11 Å². The highest BCUT2D eigenvalue weighted by Gasteiger charge is 2.22. The summed E-state index contributed by atoms with van der Waals surface area (Å²) < 4.78 is 7.35. The third kappa shape index (κ3) is 2.79. The molecule has 0 unspecified atom stereocenters. The highest BCUT2D eigenvalue weighted by molar-refractivity contribution is 6.08. The van der Waals surface area contributed by atoms with Crippen LogP contribution >= 0.6 is 0 Å². The molecule has 0 spiro atoms. The molecule has 3 nitrogen and oxygen atoms in total. The number of hydrogen-bond donors (Lipinski definition) is 0. The second kappa shape index (κ2) is 6.95. The molecule has 0 aliphatic rings. The molecule has 0 N–H and O–H groups in total.